The minimum absolute atomic E-state index is 0.000671. The molecule has 4 rings (SSSR count). The summed E-state index contributed by atoms with van der Waals surface area (Å²) in [5.74, 6) is -2.18. The Bertz CT molecular complexity index is 1190. The number of carboxylic acid groups (broad SMARTS) is 1. The summed E-state index contributed by atoms with van der Waals surface area (Å²) in [6, 6.07) is 18.9. The number of carboxylic acids is 1. The smallest absolute Gasteiger partial charge is 0.411 e. The molecule has 9 heteroatoms. The van der Waals surface area contributed by atoms with Crippen molar-refractivity contribution in [3.8, 4) is 11.1 Å². The topological polar surface area (TPSA) is 138 Å². The first-order valence-electron chi connectivity index (χ1n) is 10.6. The summed E-state index contributed by atoms with van der Waals surface area (Å²) in [5.41, 5.74) is 2.71. The molecule has 9 nitrogen and oxygen atoms in total. The summed E-state index contributed by atoms with van der Waals surface area (Å²) in [6.45, 7) is 0.754. The van der Waals surface area contributed by atoms with Gasteiger partial charge < -0.3 is 20.3 Å². The predicted octanol–water partition coefficient (Wildman–Crippen LogP) is 3.01. The second-order valence-corrected chi connectivity index (χ2v) is 8.14. The molecular formula is C25H23N3O6. The number of anilines is 1. The zero-order chi connectivity index (χ0) is 24.3. The van der Waals surface area contributed by atoms with Gasteiger partial charge in [0, 0.05) is 5.92 Å². The van der Waals surface area contributed by atoms with Crippen LogP contribution in [0.25, 0.3) is 11.1 Å². The van der Waals surface area contributed by atoms with Crippen LogP contribution in [0.3, 0.4) is 0 Å². The molecule has 1 heterocycles. The molecule has 2 aromatic carbocycles. The molecule has 4 N–H and O–H groups in total. The van der Waals surface area contributed by atoms with Crippen molar-refractivity contribution in [2.24, 2.45) is 0 Å². The first-order valence-corrected chi connectivity index (χ1v) is 10.6. The number of fused-ring (bicyclic) bond motifs is 3. The van der Waals surface area contributed by atoms with Crippen LogP contribution in [0.5, 0.6) is 0 Å². The van der Waals surface area contributed by atoms with E-state index in [1.807, 2.05) is 36.4 Å². The zero-order valence-electron chi connectivity index (χ0n) is 18.3. The average Bonchev–Trinajstić information content (AvgIpc) is 3.15. The van der Waals surface area contributed by atoms with Gasteiger partial charge in [0.1, 0.15) is 12.3 Å². The van der Waals surface area contributed by atoms with E-state index in [0.717, 1.165) is 29.2 Å². The second-order valence-electron chi connectivity index (χ2n) is 8.14. The van der Waals surface area contributed by atoms with E-state index in [4.69, 9.17) is 9.84 Å². The Labute approximate surface area is 195 Å². The highest BCUT2D eigenvalue weighted by Crippen LogP contribution is 2.44. The number of benzene rings is 2. The van der Waals surface area contributed by atoms with Gasteiger partial charge in [-0.3, -0.25) is 10.1 Å². The summed E-state index contributed by atoms with van der Waals surface area (Å²) >= 11 is 0. The number of nitrogens with one attached hydrogen (secondary N) is 2. The SMILES string of the molecule is CC(O)(CNC(=O)c1ccc(NC(=O)OCC2c3ccccc3-c3ccccc32)cn1)C(=O)O. The second kappa shape index (κ2) is 9.32. The fraction of sp³-hybridized carbons (Fsp3) is 0.200. The third kappa shape index (κ3) is 4.74. The van der Waals surface area contributed by atoms with Crippen LogP contribution in [0, 0.1) is 0 Å². The number of carbonyl (C=O) groups excluding carboxylic acids is 2. The van der Waals surface area contributed by atoms with Crippen LogP contribution in [0.2, 0.25) is 0 Å². The van der Waals surface area contributed by atoms with Gasteiger partial charge in [0.2, 0.25) is 0 Å². The van der Waals surface area contributed by atoms with Crippen molar-refractivity contribution in [3.05, 3.63) is 83.7 Å². The summed E-state index contributed by atoms with van der Waals surface area (Å²) < 4.78 is 5.48. The number of hydrogen-bond donors (Lipinski definition) is 4. The molecule has 3 aromatic rings. The van der Waals surface area contributed by atoms with Crippen LogP contribution in [-0.2, 0) is 9.53 Å². The minimum atomic E-state index is -2.10. The zero-order valence-corrected chi connectivity index (χ0v) is 18.3. The maximum absolute atomic E-state index is 12.4. The van der Waals surface area contributed by atoms with Crippen LogP contribution in [0.1, 0.15) is 34.5 Å². The van der Waals surface area contributed by atoms with E-state index in [-0.39, 0.29) is 18.2 Å². The number of rotatable bonds is 7. The molecule has 0 aliphatic heterocycles. The van der Waals surface area contributed by atoms with Crippen molar-refractivity contribution in [3.63, 3.8) is 0 Å². The Hall–Kier alpha value is -4.24. The van der Waals surface area contributed by atoms with E-state index in [1.54, 1.807) is 0 Å². The van der Waals surface area contributed by atoms with Crippen molar-refractivity contribution < 1.29 is 29.3 Å². The number of amides is 2. The van der Waals surface area contributed by atoms with E-state index >= 15 is 0 Å². The maximum Gasteiger partial charge on any atom is 0.411 e. The minimum Gasteiger partial charge on any atom is -0.479 e. The fourth-order valence-electron chi connectivity index (χ4n) is 3.77. The molecule has 34 heavy (non-hydrogen) atoms. The summed E-state index contributed by atoms with van der Waals surface area (Å²) in [5, 5.41) is 23.4. The Morgan fingerprint density at radius 2 is 1.62 bits per heavy atom. The van der Waals surface area contributed by atoms with E-state index in [1.165, 1.54) is 18.3 Å². The van der Waals surface area contributed by atoms with Gasteiger partial charge in [-0.1, -0.05) is 48.5 Å². The lowest BCUT2D eigenvalue weighted by Gasteiger charge is -2.18. The van der Waals surface area contributed by atoms with E-state index in [9.17, 15) is 19.5 Å². The lowest BCUT2D eigenvalue weighted by Crippen LogP contribution is -2.46. The van der Waals surface area contributed by atoms with Crippen LogP contribution < -0.4 is 10.6 Å². The van der Waals surface area contributed by atoms with Gasteiger partial charge in [0.15, 0.2) is 5.60 Å². The van der Waals surface area contributed by atoms with Gasteiger partial charge in [0.05, 0.1) is 18.4 Å². The molecule has 174 valence electrons. The van der Waals surface area contributed by atoms with E-state index in [0.29, 0.717) is 5.69 Å². The standard InChI is InChI=1S/C25H23N3O6/c1-25(33,23(30)31)14-27-22(29)21-11-10-15(12-26-21)28-24(32)34-13-20-18-8-4-2-6-16(18)17-7-3-5-9-19(17)20/h2-12,20,33H,13-14H2,1H3,(H,27,29)(H,28,32)(H,30,31). The molecule has 1 aromatic heterocycles. The van der Waals surface area contributed by atoms with Crippen LogP contribution in [0.15, 0.2) is 66.9 Å². The lowest BCUT2D eigenvalue weighted by atomic mass is 9.98. The van der Waals surface area contributed by atoms with Crippen LogP contribution >= 0.6 is 0 Å². The average molecular weight is 461 g/mol. The predicted molar refractivity (Wildman–Crippen MR) is 124 cm³/mol. The first-order chi connectivity index (χ1) is 16.3. The Kier molecular flexibility index (Phi) is 6.29. The highest BCUT2D eigenvalue weighted by Gasteiger charge is 2.31. The Morgan fingerprint density at radius 3 is 2.18 bits per heavy atom. The highest BCUT2D eigenvalue weighted by molar-refractivity contribution is 5.93. The number of hydrogen-bond acceptors (Lipinski definition) is 6. The molecule has 1 unspecified atom stereocenters. The van der Waals surface area contributed by atoms with Gasteiger partial charge in [-0.05, 0) is 41.3 Å². The third-order valence-corrected chi connectivity index (χ3v) is 5.64. The van der Waals surface area contributed by atoms with Crippen molar-refractivity contribution in [1.29, 1.82) is 0 Å². The number of aliphatic hydroxyl groups is 1. The number of carbonyl (C=O) groups is 3. The molecule has 0 spiro atoms. The van der Waals surface area contributed by atoms with Crippen molar-refractivity contribution in [2.45, 2.75) is 18.4 Å². The van der Waals surface area contributed by atoms with Gasteiger partial charge in [0.25, 0.3) is 5.91 Å². The molecule has 1 aliphatic carbocycles. The van der Waals surface area contributed by atoms with E-state index < -0.39 is 30.1 Å². The molecule has 1 atom stereocenters. The molecule has 0 saturated carbocycles. The molecule has 0 bridgehead atoms. The quantitative estimate of drug-likeness (QED) is 0.424. The first kappa shape index (κ1) is 22.9. The molecule has 0 fully saturated rings. The third-order valence-electron chi connectivity index (χ3n) is 5.64. The number of nitrogens with zero attached hydrogens (tertiary/aromatic N) is 1. The number of aromatic nitrogens is 1. The van der Waals surface area contributed by atoms with Gasteiger partial charge in [-0.25, -0.2) is 14.6 Å². The van der Waals surface area contributed by atoms with E-state index in [2.05, 4.69) is 27.8 Å². The molecule has 2 amide bonds. The normalized spacial score (nSPS) is 13.8. The van der Waals surface area contributed by atoms with Crippen LogP contribution in [-0.4, -0.2) is 51.9 Å². The lowest BCUT2D eigenvalue weighted by molar-refractivity contribution is -0.155. The van der Waals surface area contributed by atoms with Gasteiger partial charge in [-0.15, -0.1) is 0 Å². The number of pyridine rings is 1. The molecule has 1 aliphatic rings. The van der Waals surface area contributed by atoms with Crippen molar-refractivity contribution in [2.75, 3.05) is 18.5 Å². The monoisotopic (exact) mass is 461 g/mol. The maximum atomic E-state index is 12.4. The molecule has 0 radical (unpaired) electrons. The fourth-order valence-corrected chi connectivity index (χ4v) is 3.77. The van der Waals surface area contributed by atoms with Gasteiger partial charge in [-0.2, -0.15) is 0 Å². The van der Waals surface area contributed by atoms with Crippen LogP contribution in [0.4, 0.5) is 10.5 Å². The molecule has 0 saturated heterocycles. The number of aliphatic carboxylic acids is 1. The highest BCUT2D eigenvalue weighted by atomic mass is 16.5. The molecular weight excluding hydrogens is 438 g/mol. The summed E-state index contributed by atoms with van der Waals surface area (Å²) in [6.07, 6.45) is 0.629. The summed E-state index contributed by atoms with van der Waals surface area (Å²) in [4.78, 5) is 39.3. The largest absolute Gasteiger partial charge is 0.479 e. The number of ether oxygens (including phenoxy) is 1. The van der Waals surface area contributed by atoms with Crippen molar-refractivity contribution >= 4 is 23.7 Å². The Balaban J connectivity index is 1.34. The Morgan fingerprint density at radius 1 is 1.00 bits per heavy atom. The summed E-state index contributed by atoms with van der Waals surface area (Å²) in [7, 11) is 0. The van der Waals surface area contributed by atoms with Gasteiger partial charge >= 0.3 is 12.1 Å². The van der Waals surface area contributed by atoms with Crippen molar-refractivity contribution in [1.82, 2.24) is 10.3 Å².